The van der Waals surface area contributed by atoms with Crippen LogP contribution in [0, 0.1) is 17.6 Å². The smallest absolute Gasteiger partial charge is 0.330 e. The van der Waals surface area contributed by atoms with E-state index in [-0.39, 0.29) is 17.6 Å². The van der Waals surface area contributed by atoms with E-state index in [1.54, 1.807) is 11.0 Å². The number of halogens is 3. The minimum Gasteiger partial charge on any atom is -0.466 e. The number of ether oxygens (including phenoxy) is 1. The summed E-state index contributed by atoms with van der Waals surface area (Å²) in [5.74, 6) is -1.29. The number of esters is 1. The first-order chi connectivity index (χ1) is 10.0. The van der Waals surface area contributed by atoms with Gasteiger partial charge in [0, 0.05) is 23.6 Å². The van der Waals surface area contributed by atoms with E-state index in [0.29, 0.717) is 17.6 Å². The molecule has 6 heteroatoms. The van der Waals surface area contributed by atoms with Gasteiger partial charge in [-0.2, -0.15) is 0 Å². The highest BCUT2D eigenvalue weighted by atomic mass is 79.9. The van der Waals surface area contributed by atoms with Crippen molar-refractivity contribution in [1.82, 2.24) is 0 Å². The van der Waals surface area contributed by atoms with Gasteiger partial charge in [0.2, 0.25) is 0 Å². The zero-order chi connectivity index (χ0) is 15.4. The Balaban J connectivity index is 2.02. The molecule has 2 rings (SSSR count). The van der Waals surface area contributed by atoms with Gasteiger partial charge >= 0.3 is 5.97 Å². The second kappa shape index (κ2) is 7.02. The number of methoxy groups -OCH3 is 1. The summed E-state index contributed by atoms with van der Waals surface area (Å²) < 4.78 is 32.7. The molecule has 0 atom stereocenters. The molecule has 0 N–H and O–H groups in total. The summed E-state index contributed by atoms with van der Waals surface area (Å²) in [5.41, 5.74) is 0.0218. The Morgan fingerprint density at radius 2 is 1.90 bits per heavy atom. The van der Waals surface area contributed by atoms with E-state index in [1.807, 2.05) is 0 Å². The van der Waals surface area contributed by atoms with Gasteiger partial charge in [-0.15, -0.1) is 0 Å². The van der Waals surface area contributed by atoms with Gasteiger partial charge in [-0.1, -0.05) is 22.0 Å². The first-order valence-electron chi connectivity index (χ1n) is 6.67. The van der Waals surface area contributed by atoms with Gasteiger partial charge in [0.1, 0.15) is 5.69 Å². The van der Waals surface area contributed by atoms with Crippen molar-refractivity contribution >= 4 is 27.6 Å². The number of hydrogen-bond donors (Lipinski definition) is 0. The SMILES string of the molecule is COC(=O)/C=C/C1CCN(c2c(F)cc(Br)cc2F)CC1. The molecule has 0 spiro atoms. The molecule has 0 amide bonds. The number of carbonyl (C=O) groups is 1. The third-order valence-corrected chi connectivity index (χ3v) is 4.00. The maximum absolute atomic E-state index is 13.9. The van der Waals surface area contributed by atoms with Gasteiger partial charge in [0.15, 0.2) is 11.6 Å². The van der Waals surface area contributed by atoms with E-state index in [1.165, 1.54) is 25.3 Å². The summed E-state index contributed by atoms with van der Waals surface area (Å²) in [5, 5.41) is 0. The van der Waals surface area contributed by atoms with E-state index in [4.69, 9.17) is 0 Å². The molecule has 1 aromatic rings. The fourth-order valence-electron chi connectivity index (χ4n) is 2.43. The highest BCUT2D eigenvalue weighted by Gasteiger charge is 2.23. The van der Waals surface area contributed by atoms with Crippen LogP contribution in [0.3, 0.4) is 0 Å². The molecule has 0 bridgehead atoms. The van der Waals surface area contributed by atoms with Gasteiger partial charge < -0.3 is 9.64 Å². The lowest BCUT2D eigenvalue weighted by Crippen LogP contribution is -2.34. The zero-order valence-electron chi connectivity index (χ0n) is 11.6. The fourth-order valence-corrected chi connectivity index (χ4v) is 2.84. The van der Waals surface area contributed by atoms with Crippen LogP contribution in [-0.4, -0.2) is 26.2 Å². The van der Waals surface area contributed by atoms with Gasteiger partial charge in [-0.05, 0) is 30.9 Å². The Labute approximate surface area is 130 Å². The topological polar surface area (TPSA) is 29.5 Å². The Kier molecular flexibility index (Phi) is 5.33. The second-order valence-corrected chi connectivity index (χ2v) is 5.84. The van der Waals surface area contributed by atoms with Crippen LogP contribution in [-0.2, 0) is 9.53 Å². The molecule has 0 unspecified atom stereocenters. The number of carbonyl (C=O) groups excluding carboxylic acids is 1. The molecule has 0 saturated carbocycles. The van der Waals surface area contributed by atoms with Gasteiger partial charge in [0.05, 0.1) is 7.11 Å². The number of hydrogen-bond acceptors (Lipinski definition) is 3. The highest BCUT2D eigenvalue weighted by molar-refractivity contribution is 9.10. The largest absolute Gasteiger partial charge is 0.466 e. The Bertz CT molecular complexity index is 532. The summed E-state index contributed by atoms with van der Waals surface area (Å²) in [6, 6.07) is 2.53. The third kappa shape index (κ3) is 4.03. The van der Waals surface area contributed by atoms with Crippen LogP contribution in [0.1, 0.15) is 12.8 Å². The van der Waals surface area contributed by atoms with E-state index in [0.717, 1.165) is 12.8 Å². The molecular weight excluding hydrogens is 344 g/mol. The average Bonchev–Trinajstić information content (AvgIpc) is 2.45. The summed E-state index contributed by atoms with van der Waals surface area (Å²) in [6.45, 7) is 1.09. The lowest BCUT2D eigenvalue weighted by Gasteiger charge is -2.32. The van der Waals surface area contributed by atoms with E-state index in [2.05, 4.69) is 20.7 Å². The number of piperidine rings is 1. The minimum atomic E-state index is -0.564. The quantitative estimate of drug-likeness (QED) is 0.609. The molecule has 1 aliphatic heterocycles. The number of anilines is 1. The van der Waals surface area contributed by atoms with Gasteiger partial charge in [-0.3, -0.25) is 0 Å². The summed E-state index contributed by atoms with van der Waals surface area (Å²) in [6.07, 6.45) is 4.68. The van der Waals surface area contributed by atoms with Gasteiger partial charge in [-0.25, -0.2) is 13.6 Å². The predicted molar refractivity (Wildman–Crippen MR) is 80.2 cm³/mol. The van der Waals surface area contributed by atoms with Crippen LogP contribution >= 0.6 is 15.9 Å². The number of allylic oxidation sites excluding steroid dienone is 1. The first-order valence-corrected chi connectivity index (χ1v) is 7.46. The molecule has 1 fully saturated rings. The fraction of sp³-hybridized carbons (Fsp3) is 0.400. The summed E-state index contributed by atoms with van der Waals surface area (Å²) >= 11 is 3.07. The maximum atomic E-state index is 13.9. The van der Waals surface area contributed by atoms with Crippen molar-refractivity contribution in [3.63, 3.8) is 0 Å². The van der Waals surface area contributed by atoms with E-state index >= 15 is 0 Å². The molecule has 0 radical (unpaired) electrons. The van der Waals surface area contributed by atoms with Crippen LogP contribution < -0.4 is 4.90 Å². The average molecular weight is 360 g/mol. The van der Waals surface area contributed by atoms with Crippen molar-refractivity contribution < 1.29 is 18.3 Å². The van der Waals surface area contributed by atoms with Crippen molar-refractivity contribution in [3.8, 4) is 0 Å². The van der Waals surface area contributed by atoms with E-state index in [9.17, 15) is 13.6 Å². The normalized spacial score (nSPS) is 16.5. The standard InChI is InChI=1S/C15H16BrF2NO2/c1-21-14(20)3-2-10-4-6-19(7-5-10)15-12(17)8-11(16)9-13(15)18/h2-3,8-10H,4-7H2,1H3/b3-2+. The molecule has 1 heterocycles. The Morgan fingerprint density at radius 1 is 1.33 bits per heavy atom. The minimum absolute atomic E-state index is 0.0218. The molecule has 0 aromatic heterocycles. The summed E-state index contributed by atoms with van der Waals surface area (Å²) in [4.78, 5) is 12.7. The summed E-state index contributed by atoms with van der Waals surface area (Å²) in [7, 11) is 1.33. The number of rotatable bonds is 3. The van der Waals surface area contributed by atoms with Crippen molar-refractivity contribution in [2.24, 2.45) is 5.92 Å². The molecular formula is C15H16BrF2NO2. The van der Waals surface area contributed by atoms with Crippen molar-refractivity contribution in [2.45, 2.75) is 12.8 Å². The number of benzene rings is 1. The lowest BCUT2D eigenvalue weighted by molar-refractivity contribution is -0.134. The van der Waals surface area contributed by atoms with Crippen LogP contribution in [0.25, 0.3) is 0 Å². The maximum Gasteiger partial charge on any atom is 0.330 e. The Morgan fingerprint density at radius 3 is 2.43 bits per heavy atom. The zero-order valence-corrected chi connectivity index (χ0v) is 13.2. The molecule has 1 aliphatic rings. The van der Waals surface area contributed by atoms with E-state index < -0.39 is 11.6 Å². The molecule has 1 saturated heterocycles. The monoisotopic (exact) mass is 359 g/mol. The number of nitrogens with zero attached hydrogens (tertiary/aromatic N) is 1. The van der Waals surface area contributed by atoms with Crippen LogP contribution in [0.2, 0.25) is 0 Å². The van der Waals surface area contributed by atoms with Crippen molar-refractivity contribution in [1.29, 1.82) is 0 Å². The third-order valence-electron chi connectivity index (χ3n) is 3.54. The molecule has 21 heavy (non-hydrogen) atoms. The second-order valence-electron chi connectivity index (χ2n) is 4.92. The van der Waals surface area contributed by atoms with Crippen molar-refractivity contribution in [2.75, 3.05) is 25.1 Å². The van der Waals surface area contributed by atoms with Gasteiger partial charge in [0.25, 0.3) is 0 Å². The lowest BCUT2D eigenvalue weighted by atomic mass is 9.96. The predicted octanol–water partition coefficient (Wildman–Crippen LogP) is 3.67. The highest BCUT2D eigenvalue weighted by Crippen LogP contribution is 2.30. The molecule has 1 aromatic carbocycles. The molecule has 0 aliphatic carbocycles. The van der Waals surface area contributed by atoms with Crippen LogP contribution in [0.5, 0.6) is 0 Å². The first kappa shape index (κ1) is 15.9. The molecule has 3 nitrogen and oxygen atoms in total. The molecule has 114 valence electrons. The van der Waals surface area contributed by atoms with Crippen LogP contribution in [0.4, 0.5) is 14.5 Å². The Hall–Kier alpha value is -1.43. The van der Waals surface area contributed by atoms with Crippen LogP contribution in [0.15, 0.2) is 28.8 Å². The van der Waals surface area contributed by atoms with Crippen molar-refractivity contribution in [3.05, 3.63) is 40.4 Å².